The molecule has 0 bridgehead atoms. The third-order valence-corrected chi connectivity index (χ3v) is 5.00. The molecule has 0 atom stereocenters. The maximum absolute atomic E-state index is 13.6. The summed E-state index contributed by atoms with van der Waals surface area (Å²) in [6, 6.07) is 23.2. The van der Waals surface area contributed by atoms with E-state index in [2.05, 4.69) is 0 Å². The molecule has 0 spiro atoms. The summed E-state index contributed by atoms with van der Waals surface area (Å²) in [4.78, 5) is 31.4. The second-order valence-corrected chi connectivity index (χ2v) is 7.09. The second-order valence-electron chi connectivity index (χ2n) is 6.65. The van der Waals surface area contributed by atoms with Crippen LogP contribution in [0.25, 0.3) is 22.2 Å². The summed E-state index contributed by atoms with van der Waals surface area (Å²) in [5.41, 5.74) is 2.66. The van der Waals surface area contributed by atoms with Crippen LogP contribution in [0.1, 0.15) is 33.2 Å². The van der Waals surface area contributed by atoms with Gasteiger partial charge in [0, 0.05) is 27.1 Å². The summed E-state index contributed by atoms with van der Waals surface area (Å²) < 4.78 is 5.33. The van der Waals surface area contributed by atoms with Gasteiger partial charge in [-0.05, 0) is 37.3 Å². The summed E-state index contributed by atoms with van der Waals surface area (Å²) >= 11 is 5.99. The monoisotopic (exact) mass is 415 g/mol. The Hall–Kier alpha value is -3.50. The number of hydrogen-bond donors (Lipinski definition) is 0. The number of hydrogen-bond acceptors (Lipinski definition) is 4. The molecule has 0 aliphatic carbocycles. The number of pyridine rings is 1. The minimum Gasteiger partial charge on any atom is -0.462 e. The molecule has 1 heterocycles. The van der Waals surface area contributed by atoms with Crippen molar-refractivity contribution in [3.63, 3.8) is 0 Å². The standard InChI is InChI=1S/C25H18ClNO3/c1-2-30-25(29)22-21(24(28)17-12-14-18(26)15-13-17)19-10-6-7-11-20(19)27-23(22)16-8-4-3-5-9-16/h3-15H,2H2,1H3. The zero-order chi connectivity index (χ0) is 21.1. The smallest absolute Gasteiger partial charge is 0.341 e. The Morgan fingerprint density at radius 3 is 2.23 bits per heavy atom. The molecular formula is C25H18ClNO3. The van der Waals surface area contributed by atoms with Crippen LogP contribution >= 0.6 is 11.6 Å². The zero-order valence-corrected chi connectivity index (χ0v) is 17.0. The number of benzene rings is 3. The van der Waals surface area contributed by atoms with E-state index >= 15 is 0 Å². The average molecular weight is 416 g/mol. The van der Waals surface area contributed by atoms with E-state index in [9.17, 15) is 9.59 Å². The number of ketones is 1. The van der Waals surface area contributed by atoms with Crippen LogP contribution in [0.5, 0.6) is 0 Å². The lowest BCUT2D eigenvalue weighted by Crippen LogP contribution is -2.16. The maximum Gasteiger partial charge on any atom is 0.341 e. The molecule has 0 aliphatic heterocycles. The molecule has 0 radical (unpaired) electrons. The molecule has 4 nitrogen and oxygen atoms in total. The normalized spacial score (nSPS) is 10.7. The van der Waals surface area contributed by atoms with Gasteiger partial charge in [0.25, 0.3) is 0 Å². The Balaban J connectivity index is 2.07. The molecule has 4 rings (SSSR count). The topological polar surface area (TPSA) is 56.3 Å². The van der Waals surface area contributed by atoms with Crippen molar-refractivity contribution in [1.82, 2.24) is 4.98 Å². The third-order valence-electron chi connectivity index (χ3n) is 4.75. The van der Waals surface area contributed by atoms with Crippen molar-refractivity contribution in [2.45, 2.75) is 6.92 Å². The number of ether oxygens (including phenoxy) is 1. The number of nitrogens with zero attached hydrogens (tertiary/aromatic N) is 1. The second kappa shape index (κ2) is 8.47. The Morgan fingerprint density at radius 1 is 0.867 bits per heavy atom. The van der Waals surface area contributed by atoms with Crippen LogP contribution in [0, 0.1) is 0 Å². The number of aromatic nitrogens is 1. The summed E-state index contributed by atoms with van der Waals surface area (Å²) in [7, 11) is 0. The number of carbonyl (C=O) groups is 2. The minimum absolute atomic E-state index is 0.168. The summed E-state index contributed by atoms with van der Waals surface area (Å²) in [5.74, 6) is -0.863. The van der Waals surface area contributed by atoms with Gasteiger partial charge >= 0.3 is 5.97 Å². The van der Waals surface area contributed by atoms with Gasteiger partial charge in [0.05, 0.1) is 23.4 Å². The lowest BCUT2D eigenvalue weighted by atomic mass is 9.91. The summed E-state index contributed by atoms with van der Waals surface area (Å²) in [6.07, 6.45) is 0. The lowest BCUT2D eigenvalue weighted by molar-refractivity contribution is 0.0524. The summed E-state index contributed by atoms with van der Waals surface area (Å²) in [5, 5.41) is 1.13. The number of fused-ring (bicyclic) bond motifs is 1. The van der Waals surface area contributed by atoms with Crippen LogP contribution in [0.4, 0.5) is 0 Å². The van der Waals surface area contributed by atoms with Gasteiger partial charge in [-0.2, -0.15) is 0 Å². The molecule has 0 amide bonds. The van der Waals surface area contributed by atoms with E-state index in [4.69, 9.17) is 21.3 Å². The molecule has 0 aliphatic rings. The number of rotatable bonds is 5. The van der Waals surface area contributed by atoms with E-state index in [1.54, 1.807) is 37.3 Å². The van der Waals surface area contributed by atoms with Gasteiger partial charge in [0.2, 0.25) is 0 Å². The first-order valence-corrected chi connectivity index (χ1v) is 9.93. The van der Waals surface area contributed by atoms with E-state index in [-0.39, 0.29) is 23.5 Å². The van der Waals surface area contributed by atoms with Crippen molar-refractivity contribution in [2.24, 2.45) is 0 Å². The van der Waals surface area contributed by atoms with E-state index in [0.29, 0.717) is 27.2 Å². The van der Waals surface area contributed by atoms with E-state index in [1.165, 1.54) is 0 Å². The highest BCUT2D eigenvalue weighted by molar-refractivity contribution is 6.31. The lowest BCUT2D eigenvalue weighted by Gasteiger charge is -2.16. The van der Waals surface area contributed by atoms with Crippen LogP contribution in [0.2, 0.25) is 5.02 Å². The van der Waals surface area contributed by atoms with Gasteiger partial charge in [0.1, 0.15) is 0 Å². The molecule has 3 aromatic carbocycles. The number of carbonyl (C=O) groups excluding carboxylic acids is 2. The molecule has 1 aromatic heterocycles. The van der Waals surface area contributed by atoms with Crippen LogP contribution < -0.4 is 0 Å². The fourth-order valence-corrected chi connectivity index (χ4v) is 3.53. The highest BCUT2D eigenvalue weighted by atomic mass is 35.5. The van der Waals surface area contributed by atoms with Crippen LogP contribution in [0.15, 0.2) is 78.9 Å². The maximum atomic E-state index is 13.6. The Kier molecular flexibility index (Phi) is 5.59. The van der Waals surface area contributed by atoms with Gasteiger partial charge in [-0.25, -0.2) is 9.78 Å². The largest absolute Gasteiger partial charge is 0.462 e. The first kappa shape index (κ1) is 19.8. The number of esters is 1. The quantitative estimate of drug-likeness (QED) is 0.298. The Labute approximate surface area is 179 Å². The van der Waals surface area contributed by atoms with Crippen molar-refractivity contribution in [1.29, 1.82) is 0 Å². The molecule has 4 aromatic rings. The fourth-order valence-electron chi connectivity index (χ4n) is 3.40. The van der Waals surface area contributed by atoms with Crippen LogP contribution in [0.3, 0.4) is 0 Å². The molecule has 0 unspecified atom stereocenters. The van der Waals surface area contributed by atoms with E-state index < -0.39 is 5.97 Å². The third kappa shape index (κ3) is 3.70. The number of para-hydroxylation sites is 1. The first-order chi connectivity index (χ1) is 14.6. The van der Waals surface area contributed by atoms with Crippen LogP contribution in [-0.4, -0.2) is 23.3 Å². The molecule has 148 valence electrons. The first-order valence-electron chi connectivity index (χ1n) is 9.55. The van der Waals surface area contributed by atoms with E-state index in [0.717, 1.165) is 5.56 Å². The summed E-state index contributed by atoms with van der Waals surface area (Å²) in [6.45, 7) is 1.92. The predicted molar refractivity (Wildman–Crippen MR) is 118 cm³/mol. The SMILES string of the molecule is CCOC(=O)c1c(-c2ccccc2)nc2ccccc2c1C(=O)c1ccc(Cl)cc1. The highest BCUT2D eigenvalue weighted by Gasteiger charge is 2.27. The van der Waals surface area contributed by atoms with Gasteiger partial charge in [0.15, 0.2) is 5.78 Å². The van der Waals surface area contributed by atoms with Gasteiger partial charge < -0.3 is 4.74 Å². The van der Waals surface area contributed by atoms with Crippen LogP contribution in [-0.2, 0) is 4.74 Å². The molecule has 5 heteroatoms. The van der Waals surface area contributed by atoms with Gasteiger partial charge in [-0.1, -0.05) is 60.1 Å². The van der Waals surface area contributed by atoms with Crippen molar-refractivity contribution in [2.75, 3.05) is 6.61 Å². The molecular weight excluding hydrogens is 398 g/mol. The molecule has 0 saturated carbocycles. The molecule has 0 N–H and O–H groups in total. The van der Waals surface area contributed by atoms with Crippen molar-refractivity contribution in [3.05, 3.63) is 101 Å². The highest BCUT2D eigenvalue weighted by Crippen LogP contribution is 2.32. The van der Waals surface area contributed by atoms with Crippen molar-refractivity contribution in [3.8, 4) is 11.3 Å². The molecule has 0 saturated heterocycles. The van der Waals surface area contributed by atoms with Crippen molar-refractivity contribution >= 4 is 34.3 Å². The minimum atomic E-state index is -0.577. The van der Waals surface area contributed by atoms with Gasteiger partial charge in [-0.3, -0.25) is 4.79 Å². The Morgan fingerprint density at radius 2 is 1.53 bits per heavy atom. The number of halogens is 1. The average Bonchev–Trinajstić information content (AvgIpc) is 2.78. The molecule has 30 heavy (non-hydrogen) atoms. The fraction of sp³-hybridized carbons (Fsp3) is 0.0800. The van der Waals surface area contributed by atoms with E-state index in [1.807, 2.05) is 48.5 Å². The van der Waals surface area contributed by atoms with Gasteiger partial charge in [-0.15, -0.1) is 0 Å². The molecule has 0 fully saturated rings. The zero-order valence-electron chi connectivity index (χ0n) is 16.3. The predicted octanol–water partition coefficient (Wildman–Crippen LogP) is 5.96. The van der Waals surface area contributed by atoms with Crippen molar-refractivity contribution < 1.29 is 14.3 Å². The Bertz CT molecular complexity index is 1230.